The van der Waals surface area contributed by atoms with Crippen molar-refractivity contribution in [3.63, 3.8) is 0 Å². The smallest absolute Gasteiger partial charge is 0.264 e. The van der Waals surface area contributed by atoms with Crippen molar-refractivity contribution in [3.8, 4) is 0 Å². The molecule has 0 aliphatic heterocycles. The standard InChI is InChI=1S/C29H33BrFN3O4S/c1-20-13-15-24(16-14-20)39(37,38)34(26-12-7-6-11-25(26)31)19-27(35)33(18-22-9-8-10-23(30)17-22)21(2)28(36)32-29(3,4)5/h6-17,21H,18-19H2,1-5H3,(H,32,36). The number of hydrogen-bond donors (Lipinski definition) is 1. The molecule has 3 aromatic carbocycles. The molecule has 0 spiro atoms. The van der Waals surface area contributed by atoms with Gasteiger partial charge in [-0.25, -0.2) is 12.8 Å². The van der Waals surface area contributed by atoms with Crippen LogP contribution in [0.4, 0.5) is 10.1 Å². The molecule has 1 atom stereocenters. The minimum atomic E-state index is -4.34. The van der Waals surface area contributed by atoms with Crippen molar-refractivity contribution in [2.45, 2.75) is 57.6 Å². The van der Waals surface area contributed by atoms with E-state index in [1.54, 1.807) is 31.2 Å². The lowest BCUT2D eigenvalue weighted by atomic mass is 10.1. The normalized spacial score (nSPS) is 12.5. The van der Waals surface area contributed by atoms with Gasteiger partial charge in [-0.3, -0.25) is 13.9 Å². The number of carbonyl (C=O) groups is 2. The van der Waals surface area contributed by atoms with Crippen LogP contribution in [0.3, 0.4) is 0 Å². The molecule has 0 saturated heterocycles. The first-order valence-corrected chi connectivity index (χ1v) is 14.6. The third-order valence-electron chi connectivity index (χ3n) is 5.92. The Morgan fingerprint density at radius 1 is 1.00 bits per heavy atom. The highest BCUT2D eigenvalue weighted by Gasteiger charge is 2.34. The van der Waals surface area contributed by atoms with Gasteiger partial charge in [0.25, 0.3) is 10.0 Å². The van der Waals surface area contributed by atoms with Crippen molar-refractivity contribution < 1.29 is 22.4 Å². The highest BCUT2D eigenvalue weighted by atomic mass is 79.9. The predicted octanol–water partition coefficient (Wildman–Crippen LogP) is 5.42. The zero-order valence-corrected chi connectivity index (χ0v) is 25.0. The van der Waals surface area contributed by atoms with Crippen LogP contribution in [-0.2, 0) is 26.2 Å². The first-order valence-electron chi connectivity index (χ1n) is 12.4. The van der Waals surface area contributed by atoms with E-state index in [0.717, 1.165) is 26.0 Å². The van der Waals surface area contributed by atoms with E-state index in [2.05, 4.69) is 21.2 Å². The Morgan fingerprint density at radius 3 is 2.23 bits per heavy atom. The summed E-state index contributed by atoms with van der Waals surface area (Å²) in [5.74, 6) is -1.85. The van der Waals surface area contributed by atoms with Crippen LogP contribution >= 0.6 is 15.9 Å². The lowest BCUT2D eigenvalue weighted by molar-refractivity contribution is -0.140. The number of para-hydroxylation sites is 1. The highest BCUT2D eigenvalue weighted by Crippen LogP contribution is 2.27. The molecule has 39 heavy (non-hydrogen) atoms. The Hall–Kier alpha value is -3.24. The summed E-state index contributed by atoms with van der Waals surface area (Å²) >= 11 is 3.42. The zero-order chi connectivity index (χ0) is 29.0. The van der Waals surface area contributed by atoms with E-state index >= 15 is 0 Å². The summed E-state index contributed by atoms with van der Waals surface area (Å²) in [6.07, 6.45) is 0. The SMILES string of the molecule is Cc1ccc(S(=O)(=O)N(CC(=O)N(Cc2cccc(Br)c2)C(C)C(=O)NC(C)(C)C)c2ccccc2F)cc1. The lowest BCUT2D eigenvalue weighted by Crippen LogP contribution is -2.54. The van der Waals surface area contributed by atoms with Crippen molar-refractivity contribution in [3.05, 3.63) is 94.2 Å². The number of nitrogens with zero attached hydrogens (tertiary/aromatic N) is 2. The molecule has 208 valence electrons. The fourth-order valence-corrected chi connectivity index (χ4v) is 5.76. The molecular weight excluding hydrogens is 585 g/mol. The second kappa shape index (κ2) is 12.3. The molecule has 3 aromatic rings. The maximum absolute atomic E-state index is 15.0. The fraction of sp³-hybridized carbons (Fsp3) is 0.310. The predicted molar refractivity (Wildman–Crippen MR) is 154 cm³/mol. The molecule has 10 heteroatoms. The van der Waals surface area contributed by atoms with Gasteiger partial charge in [0.15, 0.2) is 0 Å². The molecule has 0 heterocycles. The first kappa shape index (κ1) is 30.3. The summed E-state index contributed by atoms with van der Waals surface area (Å²) in [6.45, 7) is 8.20. The van der Waals surface area contributed by atoms with Crippen molar-refractivity contribution in [1.29, 1.82) is 0 Å². The Morgan fingerprint density at radius 2 is 1.64 bits per heavy atom. The van der Waals surface area contributed by atoms with E-state index < -0.39 is 45.8 Å². The molecular formula is C29H33BrFN3O4S. The minimum Gasteiger partial charge on any atom is -0.350 e. The number of halogens is 2. The Bertz CT molecular complexity index is 1440. The van der Waals surface area contributed by atoms with E-state index in [4.69, 9.17) is 0 Å². The van der Waals surface area contributed by atoms with E-state index in [0.29, 0.717) is 0 Å². The van der Waals surface area contributed by atoms with Crippen LogP contribution in [0, 0.1) is 12.7 Å². The van der Waals surface area contributed by atoms with Crippen molar-refractivity contribution in [2.75, 3.05) is 10.8 Å². The molecule has 3 rings (SSSR count). The van der Waals surface area contributed by atoms with Crippen LogP contribution in [0.25, 0.3) is 0 Å². The molecule has 0 aromatic heterocycles. The van der Waals surface area contributed by atoms with Gasteiger partial charge < -0.3 is 10.2 Å². The van der Waals surface area contributed by atoms with Gasteiger partial charge >= 0.3 is 0 Å². The summed E-state index contributed by atoms with van der Waals surface area (Å²) in [5.41, 5.74) is 0.762. The van der Waals surface area contributed by atoms with Crippen LogP contribution in [0.2, 0.25) is 0 Å². The van der Waals surface area contributed by atoms with E-state index in [1.807, 2.05) is 39.8 Å². The van der Waals surface area contributed by atoms with Crippen molar-refractivity contribution >= 4 is 43.5 Å². The molecule has 2 amide bonds. The molecule has 0 fully saturated rings. The van der Waals surface area contributed by atoms with E-state index in [1.165, 1.54) is 35.2 Å². The third-order valence-corrected chi connectivity index (χ3v) is 8.18. The third kappa shape index (κ3) is 7.89. The summed E-state index contributed by atoms with van der Waals surface area (Å²) in [6, 6.07) is 17.8. The maximum Gasteiger partial charge on any atom is 0.264 e. The molecule has 0 radical (unpaired) electrons. The monoisotopic (exact) mass is 617 g/mol. The van der Waals surface area contributed by atoms with Crippen LogP contribution in [-0.4, -0.2) is 43.3 Å². The highest BCUT2D eigenvalue weighted by molar-refractivity contribution is 9.10. The van der Waals surface area contributed by atoms with Gasteiger partial charge in [0.05, 0.1) is 10.6 Å². The number of amides is 2. The van der Waals surface area contributed by atoms with Gasteiger partial charge in [0.2, 0.25) is 11.8 Å². The first-order chi connectivity index (χ1) is 18.2. The Balaban J connectivity index is 2.05. The zero-order valence-electron chi connectivity index (χ0n) is 22.6. The average molecular weight is 619 g/mol. The number of nitrogens with one attached hydrogen (secondary N) is 1. The number of anilines is 1. The van der Waals surface area contributed by atoms with Gasteiger partial charge in [-0.2, -0.15) is 0 Å². The molecule has 0 bridgehead atoms. The fourth-order valence-electron chi connectivity index (χ4n) is 3.89. The molecule has 1 unspecified atom stereocenters. The van der Waals surface area contributed by atoms with Gasteiger partial charge in [0, 0.05) is 16.6 Å². The van der Waals surface area contributed by atoms with Gasteiger partial charge in [-0.15, -0.1) is 0 Å². The van der Waals surface area contributed by atoms with Gasteiger partial charge in [0.1, 0.15) is 18.4 Å². The molecule has 0 saturated carbocycles. The number of sulfonamides is 1. The average Bonchev–Trinajstić information content (AvgIpc) is 2.85. The molecule has 0 aliphatic carbocycles. The molecule has 7 nitrogen and oxygen atoms in total. The van der Waals surface area contributed by atoms with Crippen molar-refractivity contribution in [1.82, 2.24) is 10.2 Å². The second-order valence-corrected chi connectivity index (χ2v) is 13.1. The summed E-state index contributed by atoms with van der Waals surface area (Å²) in [7, 11) is -4.34. The topological polar surface area (TPSA) is 86.8 Å². The number of aryl methyl sites for hydroxylation is 1. The Kier molecular flexibility index (Phi) is 9.55. The van der Waals surface area contributed by atoms with E-state index in [9.17, 15) is 22.4 Å². The lowest BCUT2D eigenvalue weighted by Gasteiger charge is -2.33. The molecule has 0 aliphatic rings. The van der Waals surface area contributed by atoms with Crippen LogP contribution < -0.4 is 9.62 Å². The second-order valence-electron chi connectivity index (χ2n) is 10.3. The molecule has 1 N–H and O–H groups in total. The Labute approximate surface area is 238 Å². The number of benzene rings is 3. The summed E-state index contributed by atoms with van der Waals surface area (Å²) in [5, 5.41) is 2.87. The summed E-state index contributed by atoms with van der Waals surface area (Å²) < 4.78 is 44.0. The maximum atomic E-state index is 15.0. The quantitative estimate of drug-likeness (QED) is 0.347. The summed E-state index contributed by atoms with van der Waals surface area (Å²) in [4.78, 5) is 28.2. The largest absolute Gasteiger partial charge is 0.350 e. The van der Waals surface area contributed by atoms with Gasteiger partial charge in [-0.1, -0.05) is 57.9 Å². The van der Waals surface area contributed by atoms with E-state index in [-0.39, 0.29) is 17.1 Å². The van der Waals surface area contributed by atoms with Crippen LogP contribution in [0.5, 0.6) is 0 Å². The van der Waals surface area contributed by atoms with Crippen molar-refractivity contribution in [2.24, 2.45) is 0 Å². The minimum absolute atomic E-state index is 0.0344. The number of rotatable bonds is 9. The van der Waals surface area contributed by atoms with Gasteiger partial charge in [-0.05, 0) is 76.6 Å². The number of carbonyl (C=O) groups excluding carboxylic acids is 2. The van der Waals surface area contributed by atoms with Crippen LogP contribution in [0.1, 0.15) is 38.8 Å². The number of hydrogen-bond acceptors (Lipinski definition) is 4. The van der Waals surface area contributed by atoms with Crippen LogP contribution in [0.15, 0.2) is 82.2 Å².